The smallest absolute Gasteiger partial charge is 0.269 e. The van der Waals surface area contributed by atoms with Gasteiger partial charge in [0.2, 0.25) is 0 Å². The number of rotatable bonds is 7. The van der Waals surface area contributed by atoms with Gasteiger partial charge in [-0.1, -0.05) is 6.07 Å². The van der Waals surface area contributed by atoms with E-state index < -0.39 is 0 Å². The maximum absolute atomic E-state index is 11.0. The van der Waals surface area contributed by atoms with Gasteiger partial charge in [0, 0.05) is 49.0 Å². The van der Waals surface area contributed by atoms with E-state index in [-0.39, 0.29) is 22.7 Å². The Labute approximate surface area is 186 Å². The molecule has 0 amide bonds. The summed E-state index contributed by atoms with van der Waals surface area (Å²) in [5.74, 6) is 0. The molecular weight excluding hydrogens is 412 g/mol. The summed E-state index contributed by atoms with van der Waals surface area (Å²) in [5.41, 5.74) is 2.88. The van der Waals surface area contributed by atoms with Crippen molar-refractivity contribution in [2.24, 2.45) is 0 Å². The van der Waals surface area contributed by atoms with Crippen LogP contribution in [0.2, 0.25) is 0 Å². The molecule has 0 aliphatic carbocycles. The first-order valence-electron chi connectivity index (χ1n) is 10.0. The number of thiocarbonyl (C=S) groups is 1. The first kappa shape index (κ1) is 21.0. The van der Waals surface area contributed by atoms with Crippen LogP contribution in [-0.2, 0) is 0 Å². The van der Waals surface area contributed by atoms with Gasteiger partial charge in [-0.2, -0.15) is 0 Å². The van der Waals surface area contributed by atoms with Gasteiger partial charge >= 0.3 is 0 Å². The van der Waals surface area contributed by atoms with Crippen LogP contribution in [0.5, 0.6) is 0 Å². The second-order valence-electron chi connectivity index (χ2n) is 7.70. The highest BCUT2D eigenvalue weighted by Gasteiger charge is 2.41. The zero-order valence-corrected chi connectivity index (χ0v) is 18.2. The maximum atomic E-state index is 11.0. The second kappa shape index (κ2) is 8.83. The largest absolute Gasteiger partial charge is 0.352 e. The minimum absolute atomic E-state index is 0.0696. The van der Waals surface area contributed by atoms with Gasteiger partial charge in [0.1, 0.15) is 0 Å². The Balaban J connectivity index is 1.75. The molecular formula is C22H24N6O2S. The highest BCUT2D eigenvalue weighted by molar-refractivity contribution is 7.80. The molecule has 3 heterocycles. The lowest BCUT2D eigenvalue weighted by atomic mass is 10.0. The van der Waals surface area contributed by atoms with Gasteiger partial charge in [0.25, 0.3) is 5.69 Å². The molecule has 0 bridgehead atoms. The summed E-state index contributed by atoms with van der Waals surface area (Å²) in [4.78, 5) is 19.6. The maximum Gasteiger partial charge on any atom is 0.269 e. The molecule has 4 rings (SSSR count). The van der Waals surface area contributed by atoms with Gasteiger partial charge in [0.15, 0.2) is 5.11 Å². The molecule has 2 aromatic heterocycles. The lowest BCUT2D eigenvalue weighted by molar-refractivity contribution is -0.384. The molecule has 0 unspecified atom stereocenters. The minimum atomic E-state index is -0.389. The van der Waals surface area contributed by atoms with Gasteiger partial charge in [-0.25, -0.2) is 0 Å². The van der Waals surface area contributed by atoms with Crippen molar-refractivity contribution in [3.05, 3.63) is 88.5 Å². The average molecular weight is 437 g/mol. The SMILES string of the molecule is CN(C)CCN1C(=S)N[C@H](c2ccccn2)[C@@H]1c1cccn1-c1ccc([N+](=O)[O-])cc1. The summed E-state index contributed by atoms with van der Waals surface area (Å²) in [5, 5.41) is 15.2. The molecule has 31 heavy (non-hydrogen) atoms. The molecule has 1 aliphatic heterocycles. The summed E-state index contributed by atoms with van der Waals surface area (Å²) in [6, 6.07) is 16.3. The van der Waals surface area contributed by atoms with Crippen LogP contribution in [-0.4, -0.2) is 56.6 Å². The van der Waals surface area contributed by atoms with Crippen molar-refractivity contribution in [2.75, 3.05) is 27.2 Å². The van der Waals surface area contributed by atoms with Gasteiger partial charge in [-0.15, -0.1) is 0 Å². The third kappa shape index (κ3) is 4.28. The summed E-state index contributed by atoms with van der Waals surface area (Å²) in [7, 11) is 4.08. The van der Waals surface area contributed by atoms with Crippen molar-refractivity contribution in [3.8, 4) is 5.69 Å². The van der Waals surface area contributed by atoms with Crippen LogP contribution in [0.25, 0.3) is 5.69 Å². The summed E-state index contributed by atoms with van der Waals surface area (Å²) >= 11 is 5.71. The van der Waals surface area contributed by atoms with Crippen LogP contribution in [0.3, 0.4) is 0 Å². The highest BCUT2D eigenvalue weighted by Crippen LogP contribution is 2.39. The van der Waals surface area contributed by atoms with E-state index in [0.29, 0.717) is 5.11 Å². The van der Waals surface area contributed by atoms with Crippen molar-refractivity contribution in [1.82, 2.24) is 24.7 Å². The second-order valence-corrected chi connectivity index (χ2v) is 8.09. The lowest BCUT2D eigenvalue weighted by Gasteiger charge is -2.29. The molecule has 0 radical (unpaired) electrons. The van der Waals surface area contributed by atoms with Gasteiger partial charge in [-0.05, 0) is 62.7 Å². The summed E-state index contributed by atoms with van der Waals surface area (Å²) < 4.78 is 2.06. The standard InChI is InChI=1S/C22H24N6O2S/c1-25(2)14-15-27-21(20(24-22(27)31)18-6-3-4-12-23-18)19-7-5-13-26(19)16-8-10-17(11-9-16)28(29)30/h3-13,20-21H,14-15H2,1-2H3,(H,24,31)/t20-,21+/m1/s1. The van der Waals surface area contributed by atoms with Crippen LogP contribution in [0.15, 0.2) is 67.0 Å². The quantitative estimate of drug-likeness (QED) is 0.346. The summed E-state index contributed by atoms with van der Waals surface area (Å²) in [6.07, 6.45) is 3.76. The Morgan fingerprint density at radius 2 is 1.94 bits per heavy atom. The van der Waals surface area contributed by atoms with Crippen LogP contribution in [0, 0.1) is 10.1 Å². The molecule has 1 aliphatic rings. The number of hydrogen-bond donors (Lipinski definition) is 1. The topological polar surface area (TPSA) is 79.5 Å². The number of non-ortho nitro benzene ring substituents is 1. The number of aromatic nitrogens is 2. The molecule has 1 fully saturated rings. The number of pyridine rings is 1. The first-order chi connectivity index (χ1) is 15.0. The number of nitro groups is 1. The molecule has 0 saturated carbocycles. The molecule has 1 N–H and O–H groups in total. The Hall–Kier alpha value is -3.30. The van der Waals surface area contributed by atoms with E-state index in [1.54, 1.807) is 18.3 Å². The predicted octanol–water partition coefficient (Wildman–Crippen LogP) is 3.31. The number of hydrogen-bond acceptors (Lipinski definition) is 5. The van der Waals surface area contributed by atoms with E-state index in [4.69, 9.17) is 12.2 Å². The number of nitrogens with zero attached hydrogens (tertiary/aromatic N) is 5. The van der Waals surface area contributed by atoms with E-state index in [2.05, 4.69) is 30.7 Å². The van der Waals surface area contributed by atoms with E-state index >= 15 is 0 Å². The van der Waals surface area contributed by atoms with Crippen LogP contribution < -0.4 is 5.32 Å². The van der Waals surface area contributed by atoms with E-state index in [1.165, 1.54) is 12.1 Å². The Kier molecular flexibility index (Phi) is 5.97. The monoisotopic (exact) mass is 436 g/mol. The highest BCUT2D eigenvalue weighted by atomic mass is 32.1. The predicted molar refractivity (Wildman–Crippen MR) is 123 cm³/mol. The number of nitrogens with one attached hydrogen (secondary N) is 1. The van der Waals surface area contributed by atoms with Gasteiger partial charge in [-0.3, -0.25) is 15.1 Å². The van der Waals surface area contributed by atoms with Crippen LogP contribution in [0.1, 0.15) is 23.5 Å². The van der Waals surface area contributed by atoms with Gasteiger partial charge < -0.3 is 19.7 Å². The molecule has 0 spiro atoms. The van der Waals surface area contributed by atoms with Crippen molar-refractivity contribution in [3.63, 3.8) is 0 Å². The first-order valence-corrected chi connectivity index (χ1v) is 10.4. The van der Waals surface area contributed by atoms with Crippen molar-refractivity contribution >= 4 is 23.0 Å². The fourth-order valence-corrected chi connectivity index (χ4v) is 4.21. The van der Waals surface area contributed by atoms with Crippen LogP contribution in [0.4, 0.5) is 5.69 Å². The zero-order valence-electron chi connectivity index (χ0n) is 17.4. The van der Waals surface area contributed by atoms with E-state index in [9.17, 15) is 10.1 Å². The van der Waals surface area contributed by atoms with Gasteiger partial charge in [0.05, 0.1) is 22.7 Å². The Bertz CT molecular complexity index is 1070. The molecule has 3 aromatic rings. The molecule has 8 nitrogen and oxygen atoms in total. The van der Waals surface area contributed by atoms with Crippen molar-refractivity contribution in [1.29, 1.82) is 0 Å². The molecule has 9 heteroatoms. The fraction of sp³-hybridized carbons (Fsp3) is 0.273. The number of nitro benzene ring substituents is 1. The Morgan fingerprint density at radius 3 is 2.58 bits per heavy atom. The lowest BCUT2D eigenvalue weighted by Crippen LogP contribution is -2.36. The number of benzene rings is 1. The van der Waals surface area contributed by atoms with Crippen LogP contribution >= 0.6 is 12.2 Å². The third-order valence-corrected chi connectivity index (χ3v) is 5.76. The van der Waals surface area contributed by atoms with E-state index in [0.717, 1.165) is 30.2 Å². The van der Waals surface area contributed by atoms with E-state index in [1.807, 2.05) is 44.6 Å². The normalized spacial score (nSPS) is 18.4. The molecule has 2 atom stereocenters. The van der Waals surface area contributed by atoms with Crippen molar-refractivity contribution < 1.29 is 4.92 Å². The Morgan fingerprint density at radius 1 is 1.16 bits per heavy atom. The third-order valence-electron chi connectivity index (χ3n) is 5.41. The molecule has 1 aromatic carbocycles. The van der Waals surface area contributed by atoms with Crippen molar-refractivity contribution in [2.45, 2.75) is 12.1 Å². The zero-order chi connectivity index (χ0) is 22.0. The summed E-state index contributed by atoms with van der Waals surface area (Å²) in [6.45, 7) is 1.61. The fourth-order valence-electron chi connectivity index (χ4n) is 3.88. The molecule has 160 valence electrons. The average Bonchev–Trinajstić information content (AvgIpc) is 3.37. The number of likely N-dealkylation sites (N-methyl/N-ethyl adjacent to an activating group) is 1. The minimum Gasteiger partial charge on any atom is -0.352 e. The molecule has 1 saturated heterocycles.